The zero-order chi connectivity index (χ0) is 15.1. The summed E-state index contributed by atoms with van der Waals surface area (Å²) in [6, 6.07) is 0. The van der Waals surface area contributed by atoms with Gasteiger partial charge in [-0.3, -0.25) is 4.79 Å². The molecule has 0 bridgehead atoms. The molecule has 0 atom stereocenters. The van der Waals surface area contributed by atoms with Crippen LogP contribution in [0.5, 0.6) is 0 Å². The topological polar surface area (TPSA) is 29.5 Å². The van der Waals surface area contributed by atoms with E-state index in [4.69, 9.17) is 4.74 Å². The van der Waals surface area contributed by atoms with Crippen LogP contribution in [-0.4, -0.2) is 37.1 Å². The zero-order valence-electron chi connectivity index (χ0n) is 14.0. The highest BCUT2D eigenvalue weighted by molar-refractivity contribution is 5.73. The summed E-state index contributed by atoms with van der Waals surface area (Å²) in [7, 11) is 0. The average Bonchev–Trinajstić information content (AvgIpc) is 2.49. The number of nitrogens with zero attached hydrogens (tertiary/aromatic N) is 1. The molecule has 0 radical (unpaired) electrons. The fourth-order valence-electron chi connectivity index (χ4n) is 3.76. The first-order chi connectivity index (χ1) is 10.1. The van der Waals surface area contributed by atoms with Crippen LogP contribution in [0, 0.1) is 17.8 Å². The van der Waals surface area contributed by atoms with Crippen molar-refractivity contribution in [2.45, 2.75) is 65.2 Å². The van der Waals surface area contributed by atoms with Crippen LogP contribution in [0.15, 0.2) is 0 Å². The third-order valence-corrected chi connectivity index (χ3v) is 5.54. The number of likely N-dealkylation sites (tertiary alicyclic amines) is 1. The average molecular weight is 295 g/mol. The van der Waals surface area contributed by atoms with Gasteiger partial charge in [0.25, 0.3) is 0 Å². The van der Waals surface area contributed by atoms with Gasteiger partial charge in [0.2, 0.25) is 5.91 Å². The van der Waals surface area contributed by atoms with E-state index in [0.29, 0.717) is 0 Å². The van der Waals surface area contributed by atoms with Gasteiger partial charge in [0.15, 0.2) is 0 Å². The Morgan fingerprint density at radius 1 is 0.952 bits per heavy atom. The number of carbonyl (C=O) groups is 1. The summed E-state index contributed by atoms with van der Waals surface area (Å²) in [5, 5.41) is 0. The lowest BCUT2D eigenvalue weighted by molar-refractivity contribution is -0.130. The molecular formula is C18H33NO2. The van der Waals surface area contributed by atoms with Crippen LogP contribution in [0.1, 0.15) is 65.2 Å². The van der Waals surface area contributed by atoms with E-state index in [2.05, 4.69) is 6.92 Å². The van der Waals surface area contributed by atoms with E-state index >= 15 is 0 Å². The Hall–Kier alpha value is -0.570. The van der Waals surface area contributed by atoms with Crippen molar-refractivity contribution >= 4 is 5.91 Å². The van der Waals surface area contributed by atoms with Gasteiger partial charge in [0.05, 0.1) is 0 Å². The van der Waals surface area contributed by atoms with Gasteiger partial charge >= 0.3 is 0 Å². The molecule has 0 spiro atoms. The molecule has 0 aromatic heterocycles. The fraction of sp³-hybridized carbons (Fsp3) is 0.944. The van der Waals surface area contributed by atoms with Crippen molar-refractivity contribution in [1.29, 1.82) is 0 Å². The maximum atomic E-state index is 11.3. The van der Waals surface area contributed by atoms with Crippen LogP contribution in [0.2, 0.25) is 0 Å². The van der Waals surface area contributed by atoms with Crippen molar-refractivity contribution in [1.82, 2.24) is 4.90 Å². The van der Waals surface area contributed by atoms with E-state index in [9.17, 15) is 4.79 Å². The molecule has 0 N–H and O–H groups in total. The summed E-state index contributed by atoms with van der Waals surface area (Å²) in [5.41, 5.74) is 0. The van der Waals surface area contributed by atoms with Gasteiger partial charge in [0.1, 0.15) is 0 Å². The summed E-state index contributed by atoms with van der Waals surface area (Å²) in [6.45, 7) is 7.80. The van der Waals surface area contributed by atoms with E-state index in [1.807, 2.05) is 4.90 Å². The highest BCUT2D eigenvalue weighted by Crippen LogP contribution is 2.30. The van der Waals surface area contributed by atoms with Gasteiger partial charge in [-0.15, -0.1) is 0 Å². The molecule has 3 nitrogen and oxygen atoms in total. The van der Waals surface area contributed by atoms with E-state index in [-0.39, 0.29) is 5.91 Å². The molecule has 2 aliphatic rings. The Kier molecular flexibility index (Phi) is 7.01. The van der Waals surface area contributed by atoms with Crippen molar-refractivity contribution in [2.24, 2.45) is 17.8 Å². The Balaban J connectivity index is 1.46. The molecule has 122 valence electrons. The number of hydrogen-bond donors (Lipinski definition) is 0. The number of rotatable bonds is 6. The van der Waals surface area contributed by atoms with Gasteiger partial charge < -0.3 is 9.64 Å². The summed E-state index contributed by atoms with van der Waals surface area (Å²) in [5.74, 6) is 2.85. The standard InChI is InChI=1S/C18H33NO2/c1-15-3-5-17(6-4-15)9-13-21-14-10-18-7-11-19(12-8-18)16(2)20/h15,17-18H,3-14H2,1-2H3/t15-,17-. The second kappa shape index (κ2) is 8.77. The van der Waals surface area contributed by atoms with Crippen molar-refractivity contribution in [3.8, 4) is 0 Å². The summed E-state index contributed by atoms with van der Waals surface area (Å²) >= 11 is 0. The number of hydrogen-bond acceptors (Lipinski definition) is 2. The largest absolute Gasteiger partial charge is 0.381 e. The molecule has 2 rings (SSSR count). The minimum Gasteiger partial charge on any atom is -0.381 e. The summed E-state index contributed by atoms with van der Waals surface area (Å²) in [4.78, 5) is 13.3. The molecule has 21 heavy (non-hydrogen) atoms. The van der Waals surface area contributed by atoms with Crippen LogP contribution >= 0.6 is 0 Å². The lowest BCUT2D eigenvalue weighted by Crippen LogP contribution is -2.37. The first-order valence-corrected chi connectivity index (χ1v) is 8.98. The van der Waals surface area contributed by atoms with Crippen molar-refractivity contribution in [3.05, 3.63) is 0 Å². The number of amides is 1. The smallest absolute Gasteiger partial charge is 0.219 e. The molecule has 1 amide bonds. The van der Waals surface area contributed by atoms with E-state index in [1.165, 1.54) is 38.5 Å². The number of piperidine rings is 1. The van der Waals surface area contributed by atoms with Crippen LogP contribution in [0.3, 0.4) is 0 Å². The lowest BCUT2D eigenvalue weighted by Gasteiger charge is -2.31. The second-order valence-electron chi connectivity index (χ2n) is 7.27. The molecule has 1 aliphatic heterocycles. The van der Waals surface area contributed by atoms with Crippen molar-refractivity contribution in [2.75, 3.05) is 26.3 Å². The van der Waals surface area contributed by atoms with Crippen molar-refractivity contribution in [3.63, 3.8) is 0 Å². The van der Waals surface area contributed by atoms with E-state index < -0.39 is 0 Å². The van der Waals surface area contributed by atoms with Gasteiger partial charge in [-0.2, -0.15) is 0 Å². The number of carbonyl (C=O) groups excluding carboxylic acids is 1. The third-order valence-electron chi connectivity index (χ3n) is 5.54. The Morgan fingerprint density at radius 3 is 2.00 bits per heavy atom. The molecule has 3 heteroatoms. The molecule has 1 heterocycles. The highest BCUT2D eigenvalue weighted by atomic mass is 16.5. The van der Waals surface area contributed by atoms with Crippen LogP contribution in [0.25, 0.3) is 0 Å². The zero-order valence-corrected chi connectivity index (χ0v) is 14.0. The van der Waals surface area contributed by atoms with Crippen LogP contribution in [0.4, 0.5) is 0 Å². The van der Waals surface area contributed by atoms with Gasteiger partial charge in [-0.25, -0.2) is 0 Å². The Labute approximate surface area is 130 Å². The van der Waals surface area contributed by atoms with Gasteiger partial charge in [0, 0.05) is 33.2 Å². The number of ether oxygens (including phenoxy) is 1. The third kappa shape index (κ3) is 5.98. The van der Waals surface area contributed by atoms with Crippen LogP contribution in [-0.2, 0) is 9.53 Å². The van der Waals surface area contributed by atoms with E-state index in [0.717, 1.165) is 56.9 Å². The second-order valence-corrected chi connectivity index (χ2v) is 7.27. The minimum absolute atomic E-state index is 0.228. The van der Waals surface area contributed by atoms with Gasteiger partial charge in [-0.05, 0) is 43.4 Å². The molecule has 1 saturated carbocycles. The fourth-order valence-corrected chi connectivity index (χ4v) is 3.76. The normalized spacial score (nSPS) is 27.8. The summed E-state index contributed by atoms with van der Waals surface area (Å²) in [6.07, 6.45) is 10.4. The molecule has 2 fully saturated rings. The molecule has 0 unspecified atom stereocenters. The molecule has 0 aromatic carbocycles. The SMILES string of the molecule is CC(=O)N1CCC(CCOCC[C@H]2CC[C@H](C)CC2)CC1. The summed E-state index contributed by atoms with van der Waals surface area (Å²) < 4.78 is 5.86. The molecule has 1 aliphatic carbocycles. The minimum atomic E-state index is 0.228. The first-order valence-electron chi connectivity index (χ1n) is 8.98. The predicted molar refractivity (Wildman–Crippen MR) is 86.2 cm³/mol. The quantitative estimate of drug-likeness (QED) is 0.696. The monoisotopic (exact) mass is 295 g/mol. The Morgan fingerprint density at radius 2 is 1.48 bits per heavy atom. The van der Waals surface area contributed by atoms with E-state index in [1.54, 1.807) is 6.92 Å². The highest BCUT2D eigenvalue weighted by Gasteiger charge is 2.20. The van der Waals surface area contributed by atoms with Gasteiger partial charge in [-0.1, -0.05) is 32.6 Å². The lowest BCUT2D eigenvalue weighted by atomic mass is 9.82. The first kappa shape index (κ1) is 16.8. The molecule has 0 aromatic rings. The Bertz CT molecular complexity index is 302. The molecule has 1 saturated heterocycles. The predicted octanol–water partition coefficient (Wildman–Crippen LogP) is 3.87. The van der Waals surface area contributed by atoms with Crippen molar-refractivity contribution < 1.29 is 9.53 Å². The maximum absolute atomic E-state index is 11.3. The molecular weight excluding hydrogens is 262 g/mol. The maximum Gasteiger partial charge on any atom is 0.219 e. The van der Waals surface area contributed by atoms with Crippen LogP contribution < -0.4 is 0 Å².